The highest BCUT2D eigenvalue weighted by Gasteiger charge is 2.64. The van der Waals surface area contributed by atoms with Gasteiger partial charge in [-0.25, -0.2) is 9.78 Å². The number of hydrogen-bond donors (Lipinski definition) is 3. The molecule has 2 aliphatic rings. The maximum Gasteiger partial charge on any atom is 0.327 e. The van der Waals surface area contributed by atoms with Gasteiger partial charge in [0.2, 0.25) is 5.91 Å². The lowest BCUT2D eigenvalue weighted by Crippen LogP contribution is -2.71. The summed E-state index contributed by atoms with van der Waals surface area (Å²) >= 11 is 2.49. The zero-order valence-electron chi connectivity index (χ0n) is 15.7. The van der Waals surface area contributed by atoms with Crippen LogP contribution in [0.25, 0.3) is 0 Å². The van der Waals surface area contributed by atoms with Crippen molar-refractivity contribution in [1.29, 1.82) is 0 Å². The number of nitrogens with one attached hydrogen (secondary N) is 1. The normalized spacial score (nSPS) is 26.0. The molecule has 0 radical (unpaired) electrons. The van der Waals surface area contributed by atoms with Crippen molar-refractivity contribution >= 4 is 51.7 Å². The lowest BCUT2D eigenvalue weighted by Gasteiger charge is -2.43. The molecule has 3 atom stereocenters. The van der Waals surface area contributed by atoms with Crippen LogP contribution < -0.4 is 11.1 Å². The summed E-state index contributed by atoms with van der Waals surface area (Å²) in [7, 11) is 0. The third-order valence-electron chi connectivity index (χ3n) is 4.30. The molecule has 152 valence electrons. The van der Waals surface area contributed by atoms with Gasteiger partial charge in [0.15, 0.2) is 10.8 Å². The molecule has 0 aromatic carbocycles. The SMILES string of the molecule is CC(C)ON=C(C(=O)N[C@H]1C(=O)N2[C@@H]1SC(C)(C)[C@@H]2C(=O)O)c1csc(N)n1. The highest BCUT2D eigenvalue weighted by atomic mass is 32.2. The predicted octanol–water partition coefficient (Wildman–Crippen LogP) is 0.486. The summed E-state index contributed by atoms with van der Waals surface area (Å²) in [6, 6.07) is -1.79. The summed E-state index contributed by atoms with van der Waals surface area (Å²) in [4.78, 5) is 47.4. The molecule has 4 N–H and O–H groups in total. The van der Waals surface area contributed by atoms with Crippen molar-refractivity contribution in [3.8, 4) is 0 Å². The van der Waals surface area contributed by atoms with Gasteiger partial charge >= 0.3 is 5.97 Å². The number of β-lactam (4-membered cyclic amide) rings is 1. The Morgan fingerprint density at radius 3 is 2.68 bits per heavy atom. The van der Waals surface area contributed by atoms with Crippen LogP contribution in [0, 0.1) is 0 Å². The second-order valence-corrected chi connectivity index (χ2v) is 9.87. The maximum atomic E-state index is 12.8. The number of aromatic nitrogens is 1. The number of rotatable bonds is 6. The van der Waals surface area contributed by atoms with Gasteiger partial charge < -0.3 is 25.9 Å². The van der Waals surface area contributed by atoms with Gasteiger partial charge in [-0.15, -0.1) is 23.1 Å². The molecule has 2 amide bonds. The van der Waals surface area contributed by atoms with E-state index in [2.05, 4.69) is 15.5 Å². The molecular weight excluding hydrogens is 406 g/mol. The second kappa shape index (κ2) is 7.24. The fourth-order valence-corrected chi connectivity index (χ4v) is 5.29. The molecule has 2 aliphatic heterocycles. The smallest absolute Gasteiger partial charge is 0.327 e. The zero-order chi connectivity index (χ0) is 20.8. The van der Waals surface area contributed by atoms with E-state index in [1.807, 2.05) is 0 Å². The third-order valence-corrected chi connectivity index (χ3v) is 6.54. The number of hydrogen-bond acceptors (Lipinski definition) is 9. The highest BCUT2D eigenvalue weighted by Crippen LogP contribution is 2.50. The van der Waals surface area contributed by atoms with E-state index in [9.17, 15) is 19.5 Å². The Morgan fingerprint density at radius 1 is 1.46 bits per heavy atom. The number of nitrogen functional groups attached to an aromatic ring is 1. The van der Waals surface area contributed by atoms with Crippen LogP contribution in [0.5, 0.6) is 0 Å². The second-order valence-electron chi connectivity index (χ2n) is 7.21. The van der Waals surface area contributed by atoms with E-state index < -0.39 is 40.0 Å². The van der Waals surface area contributed by atoms with Crippen LogP contribution in [-0.2, 0) is 19.2 Å². The molecule has 3 heterocycles. The predicted molar refractivity (Wildman–Crippen MR) is 105 cm³/mol. The van der Waals surface area contributed by atoms with Crippen molar-refractivity contribution in [2.75, 3.05) is 5.73 Å². The molecule has 28 heavy (non-hydrogen) atoms. The zero-order valence-corrected chi connectivity index (χ0v) is 17.3. The monoisotopic (exact) mass is 427 g/mol. The number of carbonyl (C=O) groups excluding carboxylic acids is 2. The number of oxime groups is 1. The van der Waals surface area contributed by atoms with E-state index in [1.54, 1.807) is 33.1 Å². The molecular formula is C16H21N5O5S2. The van der Waals surface area contributed by atoms with Gasteiger partial charge in [0, 0.05) is 10.1 Å². The summed E-state index contributed by atoms with van der Waals surface area (Å²) in [5.41, 5.74) is 5.79. The maximum absolute atomic E-state index is 12.8. The van der Waals surface area contributed by atoms with Gasteiger partial charge in [0.05, 0.1) is 0 Å². The molecule has 10 nitrogen and oxygen atoms in total. The summed E-state index contributed by atoms with van der Waals surface area (Å²) < 4.78 is -0.674. The van der Waals surface area contributed by atoms with Crippen molar-refractivity contribution in [3.63, 3.8) is 0 Å². The Balaban J connectivity index is 1.79. The lowest BCUT2D eigenvalue weighted by molar-refractivity contribution is -0.160. The van der Waals surface area contributed by atoms with E-state index in [0.717, 1.165) is 11.3 Å². The quantitative estimate of drug-likeness (QED) is 0.337. The van der Waals surface area contributed by atoms with Gasteiger partial charge in [-0.05, 0) is 27.7 Å². The van der Waals surface area contributed by atoms with E-state index >= 15 is 0 Å². The van der Waals surface area contributed by atoms with E-state index in [1.165, 1.54) is 16.7 Å². The van der Waals surface area contributed by atoms with Crippen molar-refractivity contribution in [1.82, 2.24) is 15.2 Å². The molecule has 2 fully saturated rings. The number of fused-ring (bicyclic) bond motifs is 1. The van der Waals surface area contributed by atoms with Crippen LogP contribution in [0.1, 0.15) is 33.4 Å². The molecule has 12 heteroatoms. The number of carbonyl (C=O) groups is 3. The van der Waals surface area contributed by atoms with Crippen LogP contribution >= 0.6 is 23.1 Å². The number of anilines is 1. The van der Waals surface area contributed by atoms with Crippen LogP contribution in [-0.4, -0.2) is 66.8 Å². The first kappa shape index (κ1) is 20.4. The molecule has 0 spiro atoms. The van der Waals surface area contributed by atoms with Gasteiger partial charge in [0.1, 0.15) is 29.3 Å². The highest BCUT2D eigenvalue weighted by molar-refractivity contribution is 8.01. The molecule has 0 unspecified atom stereocenters. The first-order valence-corrected chi connectivity index (χ1v) is 10.3. The number of aliphatic carboxylic acids is 1. The number of carboxylic acid groups (broad SMARTS) is 1. The van der Waals surface area contributed by atoms with Gasteiger partial charge in [-0.2, -0.15) is 0 Å². The molecule has 0 aliphatic carbocycles. The van der Waals surface area contributed by atoms with Gasteiger partial charge in [-0.1, -0.05) is 5.16 Å². The molecule has 0 bridgehead atoms. The van der Waals surface area contributed by atoms with Crippen LogP contribution in [0.2, 0.25) is 0 Å². The topological polar surface area (TPSA) is 147 Å². The van der Waals surface area contributed by atoms with E-state index in [4.69, 9.17) is 10.6 Å². The summed E-state index contributed by atoms with van der Waals surface area (Å²) in [5, 5.41) is 17.4. The Labute approximate surface area is 169 Å². The van der Waals surface area contributed by atoms with Crippen molar-refractivity contribution in [2.24, 2.45) is 5.16 Å². The number of thiazole rings is 1. The fourth-order valence-electron chi connectivity index (χ4n) is 3.11. The first-order chi connectivity index (χ1) is 13.0. The standard InChI is InChI=1S/C16H21N5O5S2/c1-6(2)26-20-8(7-5-27-15(17)18-7)11(22)19-9-12(23)21-10(14(24)25)16(3,4)28-13(9)21/h5-6,9-10,13H,1-4H3,(H2,17,18)(H,19,22)(H,24,25)/t9-,10-,13+/m0/s1. The molecule has 1 aromatic rings. The Morgan fingerprint density at radius 2 is 2.14 bits per heavy atom. The summed E-state index contributed by atoms with van der Waals surface area (Å²) in [6.07, 6.45) is -0.262. The van der Waals surface area contributed by atoms with Gasteiger partial charge in [0.25, 0.3) is 5.91 Å². The number of amides is 2. The minimum atomic E-state index is -1.07. The van der Waals surface area contributed by atoms with Crippen molar-refractivity contribution < 1.29 is 24.3 Å². The third kappa shape index (κ3) is 3.53. The molecule has 3 rings (SSSR count). The summed E-state index contributed by atoms with van der Waals surface area (Å²) in [5.74, 6) is -2.14. The molecule has 0 saturated carbocycles. The Kier molecular flexibility index (Phi) is 5.28. The van der Waals surface area contributed by atoms with E-state index in [0.29, 0.717) is 0 Å². The van der Waals surface area contributed by atoms with Crippen LogP contribution in [0.3, 0.4) is 0 Å². The average molecular weight is 428 g/mol. The number of carboxylic acids is 1. The number of nitrogens with two attached hydrogens (primary N) is 1. The molecule has 1 aromatic heterocycles. The minimum absolute atomic E-state index is 0.0926. The summed E-state index contributed by atoms with van der Waals surface area (Å²) in [6.45, 7) is 7.04. The Bertz CT molecular complexity index is 852. The number of thioether (sulfide) groups is 1. The van der Waals surface area contributed by atoms with Crippen LogP contribution in [0.15, 0.2) is 10.5 Å². The first-order valence-electron chi connectivity index (χ1n) is 8.51. The van der Waals surface area contributed by atoms with E-state index in [-0.39, 0.29) is 22.6 Å². The van der Waals surface area contributed by atoms with Crippen molar-refractivity contribution in [2.45, 2.75) is 56.0 Å². The van der Waals surface area contributed by atoms with Crippen LogP contribution in [0.4, 0.5) is 5.13 Å². The average Bonchev–Trinajstić information content (AvgIpc) is 3.11. The number of nitrogens with zero attached hydrogens (tertiary/aromatic N) is 3. The lowest BCUT2D eigenvalue weighted by atomic mass is 9.96. The fraction of sp³-hybridized carbons (Fsp3) is 0.562. The largest absolute Gasteiger partial charge is 0.480 e. The molecule has 2 saturated heterocycles. The van der Waals surface area contributed by atoms with Gasteiger partial charge in [-0.3, -0.25) is 9.59 Å². The Hall–Kier alpha value is -2.34. The van der Waals surface area contributed by atoms with Crippen molar-refractivity contribution in [3.05, 3.63) is 11.1 Å². The minimum Gasteiger partial charge on any atom is -0.480 e.